The van der Waals surface area contributed by atoms with Crippen LogP contribution in [-0.4, -0.2) is 0 Å². The Kier molecular flexibility index (Phi) is 6.57. The van der Waals surface area contributed by atoms with Gasteiger partial charge in [-0.15, -0.1) is 0 Å². The predicted molar refractivity (Wildman–Crippen MR) is 136 cm³/mol. The SMILES string of the molecule is CC(C)(C)c1cc(C(C)(C)C)cc(P(=O)(F)c2cc(C(C)(C)C)cc(C(C)(C)C)c2)c1. The van der Waals surface area contributed by atoms with E-state index in [0.29, 0.717) is 10.6 Å². The van der Waals surface area contributed by atoms with Crippen LogP contribution in [0.5, 0.6) is 0 Å². The van der Waals surface area contributed by atoms with Gasteiger partial charge >= 0.3 is 0 Å². The Labute approximate surface area is 190 Å². The third-order valence-electron chi connectivity index (χ3n) is 5.96. The molecule has 0 aliphatic carbocycles. The molecule has 0 radical (unpaired) electrons. The monoisotopic (exact) mass is 444 g/mol. The lowest BCUT2D eigenvalue weighted by atomic mass is 9.81. The Morgan fingerprint density at radius 1 is 0.484 bits per heavy atom. The van der Waals surface area contributed by atoms with E-state index in [1.807, 2.05) is 24.3 Å². The van der Waals surface area contributed by atoms with Gasteiger partial charge in [0, 0.05) is 10.6 Å². The molecule has 0 amide bonds. The van der Waals surface area contributed by atoms with Crippen LogP contribution in [0.25, 0.3) is 0 Å². The van der Waals surface area contributed by atoms with Gasteiger partial charge in [-0.1, -0.05) is 95.2 Å². The second-order valence-electron chi connectivity index (χ2n) is 13.1. The lowest BCUT2D eigenvalue weighted by Gasteiger charge is -2.28. The highest BCUT2D eigenvalue weighted by Crippen LogP contribution is 2.48. The van der Waals surface area contributed by atoms with Crippen LogP contribution in [0.4, 0.5) is 4.20 Å². The standard InChI is InChI=1S/C28H42FOP/c1-25(2,3)19-13-20(26(4,5)6)16-23(15-19)31(29,30)24-17-21(27(7,8)9)14-22(18-24)28(10,11)12/h13-18H,1-12H3. The number of hydrogen-bond acceptors (Lipinski definition) is 1. The molecule has 0 aliphatic rings. The van der Waals surface area contributed by atoms with Crippen LogP contribution in [0.2, 0.25) is 0 Å². The molecule has 2 aromatic carbocycles. The lowest BCUT2D eigenvalue weighted by molar-refractivity contribution is 0.554. The molecule has 172 valence electrons. The van der Waals surface area contributed by atoms with Gasteiger partial charge in [-0.05, 0) is 68.2 Å². The maximum Gasteiger partial charge on any atom is 0.300 e. The third kappa shape index (κ3) is 5.89. The van der Waals surface area contributed by atoms with Crippen LogP contribution in [0.15, 0.2) is 36.4 Å². The normalized spacial score (nSPS) is 14.1. The molecule has 0 aliphatic heterocycles. The van der Waals surface area contributed by atoms with E-state index in [1.165, 1.54) is 0 Å². The average Bonchev–Trinajstić information content (AvgIpc) is 2.58. The van der Waals surface area contributed by atoms with Crippen LogP contribution >= 0.6 is 7.45 Å². The third-order valence-corrected chi connectivity index (χ3v) is 7.81. The molecule has 0 saturated heterocycles. The maximum atomic E-state index is 16.4. The molecule has 0 saturated carbocycles. The first-order chi connectivity index (χ1) is 13.6. The van der Waals surface area contributed by atoms with E-state index < -0.39 is 7.45 Å². The summed E-state index contributed by atoms with van der Waals surface area (Å²) in [6.07, 6.45) is 0. The van der Waals surface area contributed by atoms with Crippen molar-refractivity contribution in [2.24, 2.45) is 0 Å². The summed E-state index contributed by atoms with van der Waals surface area (Å²) in [6, 6.07) is 11.5. The fourth-order valence-corrected chi connectivity index (χ4v) is 4.95. The van der Waals surface area contributed by atoms with E-state index in [-0.39, 0.29) is 21.7 Å². The molecule has 3 heteroatoms. The first-order valence-electron chi connectivity index (χ1n) is 11.3. The van der Waals surface area contributed by atoms with Gasteiger partial charge in [0.05, 0.1) is 0 Å². The summed E-state index contributed by atoms with van der Waals surface area (Å²) in [5.74, 6) is 0. The largest absolute Gasteiger partial charge is 0.300 e. The Balaban J connectivity index is 2.85. The molecule has 2 rings (SSSR count). The summed E-state index contributed by atoms with van der Waals surface area (Å²) >= 11 is 0. The van der Waals surface area contributed by atoms with Crippen LogP contribution in [-0.2, 0) is 26.2 Å². The summed E-state index contributed by atoms with van der Waals surface area (Å²) in [4.78, 5) is 0. The molecule has 1 nitrogen and oxygen atoms in total. The minimum absolute atomic E-state index is 0.167. The fraction of sp³-hybridized carbons (Fsp3) is 0.571. The molecule has 0 bridgehead atoms. The van der Waals surface area contributed by atoms with Crippen molar-refractivity contribution in [1.82, 2.24) is 0 Å². The van der Waals surface area contributed by atoms with Gasteiger partial charge in [0.25, 0.3) is 7.45 Å². The number of rotatable bonds is 2. The number of hydrogen-bond donors (Lipinski definition) is 0. The molecule has 0 atom stereocenters. The fourth-order valence-electron chi connectivity index (χ4n) is 3.44. The van der Waals surface area contributed by atoms with Crippen LogP contribution in [0, 0.1) is 0 Å². The topological polar surface area (TPSA) is 17.1 Å². The van der Waals surface area contributed by atoms with E-state index >= 15 is 4.20 Å². The molecule has 31 heavy (non-hydrogen) atoms. The zero-order valence-corrected chi connectivity index (χ0v) is 22.6. The Morgan fingerprint density at radius 3 is 0.839 bits per heavy atom. The highest BCUT2D eigenvalue weighted by molar-refractivity contribution is 7.74. The molecule has 0 unspecified atom stereocenters. The van der Waals surface area contributed by atoms with Gasteiger partial charge in [0.2, 0.25) is 0 Å². The molecule has 2 aromatic rings. The Morgan fingerprint density at radius 2 is 0.677 bits per heavy atom. The molecular formula is C28H42FOP. The van der Waals surface area contributed by atoms with Gasteiger partial charge in [0.1, 0.15) is 0 Å². The number of halogens is 1. The summed E-state index contributed by atoms with van der Waals surface area (Å²) in [5, 5.41) is 0.603. The van der Waals surface area contributed by atoms with Gasteiger partial charge < -0.3 is 0 Å². The van der Waals surface area contributed by atoms with Crippen molar-refractivity contribution in [2.75, 3.05) is 0 Å². The van der Waals surface area contributed by atoms with Crippen molar-refractivity contribution in [3.05, 3.63) is 58.7 Å². The molecular weight excluding hydrogens is 402 g/mol. The zero-order chi connectivity index (χ0) is 24.2. The maximum absolute atomic E-state index is 16.4. The van der Waals surface area contributed by atoms with Crippen molar-refractivity contribution in [3.8, 4) is 0 Å². The van der Waals surface area contributed by atoms with Crippen molar-refractivity contribution in [1.29, 1.82) is 0 Å². The first kappa shape index (κ1) is 25.9. The van der Waals surface area contributed by atoms with Crippen LogP contribution in [0.3, 0.4) is 0 Å². The first-order valence-corrected chi connectivity index (χ1v) is 12.9. The lowest BCUT2D eigenvalue weighted by Crippen LogP contribution is -2.25. The van der Waals surface area contributed by atoms with E-state index in [1.54, 1.807) is 0 Å². The highest BCUT2D eigenvalue weighted by Gasteiger charge is 2.33. The average molecular weight is 445 g/mol. The molecule has 0 fully saturated rings. The number of benzene rings is 2. The quantitative estimate of drug-likeness (QED) is 0.428. The highest BCUT2D eigenvalue weighted by atomic mass is 31.2. The van der Waals surface area contributed by atoms with E-state index in [2.05, 4.69) is 95.2 Å². The van der Waals surface area contributed by atoms with Gasteiger partial charge in [-0.2, -0.15) is 4.20 Å². The second-order valence-corrected chi connectivity index (χ2v) is 15.2. The predicted octanol–water partition coefficient (Wildman–Crippen LogP) is 8.08. The second kappa shape index (κ2) is 7.87. The molecule has 0 spiro atoms. The van der Waals surface area contributed by atoms with E-state index in [4.69, 9.17) is 0 Å². The van der Waals surface area contributed by atoms with Crippen LogP contribution < -0.4 is 10.6 Å². The summed E-state index contributed by atoms with van der Waals surface area (Å²) < 4.78 is 30.3. The van der Waals surface area contributed by atoms with Crippen LogP contribution in [0.1, 0.15) is 105 Å². The minimum atomic E-state index is -4.28. The Bertz CT molecular complexity index is 861. The zero-order valence-electron chi connectivity index (χ0n) is 21.7. The van der Waals surface area contributed by atoms with E-state index in [0.717, 1.165) is 22.3 Å². The molecule has 0 aromatic heterocycles. The summed E-state index contributed by atoms with van der Waals surface area (Å²) in [7, 11) is -4.28. The smallest absolute Gasteiger partial charge is 0.277 e. The van der Waals surface area contributed by atoms with Gasteiger partial charge in [-0.25, -0.2) is 0 Å². The van der Waals surface area contributed by atoms with E-state index in [9.17, 15) is 4.57 Å². The molecule has 0 heterocycles. The van der Waals surface area contributed by atoms with Crippen molar-refractivity contribution < 1.29 is 8.76 Å². The van der Waals surface area contributed by atoms with Crippen molar-refractivity contribution in [2.45, 2.75) is 105 Å². The minimum Gasteiger partial charge on any atom is -0.277 e. The summed E-state index contributed by atoms with van der Waals surface area (Å²) in [5.41, 5.74) is 3.37. The van der Waals surface area contributed by atoms with Crippen molar-refractivity contribution in [3.63, 3.8) is 0 Å². The molecule has 0 N–H and O–H groups in total. The van der Waals surface area contributed by atoms with Crippen molar-refractivity contribution >= 4 is 18.1 Å². The van der Waals surface area contributed by atoms with Gasteiger partial charge in [0.15, 0.2) is 0 Å². The van der Waals surface area contributed by atoms with Gasteiger partial charge in [-0.3, -0.25) is 4.57 Å². The Hall–Kier alpha value is -1.40. The summed E-state index contributed by atoms with van der Waals surface area (Å²) in [6.45, 7) is 25.3.